The molecule has 1 aliphatic rings. The summed E-state index contributed by atoms with van der Waals surface area (Å²) in [6.07, 6.45) is 5.47. The molecule has 1 aliphatic carbocycles. The Hall–Kier alpha value is -3.31. The van der Waals surface area contributed by atoms with Crippen LogP contribution in [0.15, 0.2) is 48.7 Å². The standard InChI is InChI=1S/C20H20ClN7O3S/c1-12(18-22-10-14(21)11-23-18)13(2)32(29,30)27-20-26-25-19(28(20)15-6-4-7-15)16-8-5-9-17(24-16)31-3/h5,8-11,15H,1-2,4,6-7H2,3H3,(H,26,27). The lowest BCUT2D eigenvalue weighted by Crippen LogP contribution is -2.24. The quantitative estimate of drug-likeness (QED) is 0.493. The fraction of sp³-hybridized carbons (Fsp3) is 0.250. The molecule has 0 aliphatic heterocycles. The van der Waals surface area contributed by atoms with Gasteiger partial charge in [-0.2, -0.15) is 0 Å². The van der Waals surface area contributed by atoms with Gasteiger partial charge in [-0.05, 0) is 25.3 Å². The van der Waals surface area contributed by atoms with Crippen molar-refractivity contribution in [1.82, 2.24) is 29.7 Å². The zero-order valence-electron chi connectivity index (χ0n) is 17.2. The van der Waals surface area contributed by atoms with Gasteiger partial charge in [0.1, 0.15) is 5.69 Å². The van der Waals surface area contributed by atoms with Crippen LogP contribution in [-0.4, -0.2) is 45.2 Å². The van der Waals surface area contributed by atoms with E-state index in [0.717, 1.165) is 19.3 Å². The topological polar surface area (TPSA) is 125 Å². The van der Waals surface area contributed by atoms with E-state index in [1.54, 1.807) is 22.8 Å². The van der Waals surface area contributed by atoms with Gasteiger partial charge in [-0.3, -0.25) is 4.57 Å². The maximum Gasteiger partial charge on any atom is 0.264 e. The minimum atomic E-state index is -4.12. The number of nitrogens with zero attached hydrogens (tertiary/aromatic N) is 6. The number of methoxy groups -OCH3 is 1. The first-order valence-corrected chi connectivity index (χ1v) is 11.5. The highest BCUT2D eigenvalue weighted by Gasteiger charge is 2.30. The molecule has 12 heteroatoms. The molecule has 0 spiro atoms. The third-order valence-corrected chi connectivity index (χ3v) is 6.62. The molecule has 1 saturated carbocycles. The van der Waals surface area contributed by atoms with Gasteiger partial charge in [0, 0.05) is 30.1 Å². The molecule has 0 saturated heterocycles. The van der Waals surface area contributed by atoms with Crippen LogP contribution in [-0.2, 0) is 10.0 Å². The molecule has 1 fully saturated rings. The van der Waals surface area contributed by atoms with Crippen molar-refractivity contribution in [1.29, 1.82) is 0 Å². The smallest absolute Gasteiger partial charge is 0.264 e. The number of pyridine rings is 1. The number of halogens is 1. The molecule has 4 rings (SSSR count). The summed E-state index contributed by atoms with van der Waals surface area (Å²) >= 11 is 5.79. The van der Waals surface area contributed by atoms with Crippen molar-refractivity contribution in [3.05, 3.63) is 59.5 Å². The molecule has 0 bridgehead atoms. The zero-order valence-corrected chi connectivity index (χ0v) is 18.8. The Balaban J connectivity index is 1.66. The SMILES string of the molecule is C=C(C(=C)S(=O)(=O)Nc1nnc(-c2cccc(OC)n2)n1C1CCC1)c1ncc(Cl)cn1. The number of aromatic nitrogens is 6. The molecule has 166 valence electrons. The van der Waals surface area contributed by atoms with Gasteiger partial charge in [0.15, 0.2) is 11.6 Å². The number of sulfonamides is 1. The molecular weight excluding hydrogens is 454 g/mol. The second-order valence-electron chi connectivity index (χ2n) is 7.10. The van der Waals surface area contributed by atoms with Crippen LogP contribution in [0.2, 0.25) is 5.02 Å². The molecule has 32 heavy (non-hydrogen) atoms. The van der Waals surface area contributed by atoms with Crippen LogP contribution < -0.4 is 9.46 Å². The fourth-order valence-electron chi connectivity index (χ4n) is 3.12. The average molecular weight is 474 g/mol. The predicted octanol–water partition coefficient (Wildman–Crippen LogP) is 3.49. The van der Waals surface area contributed by atoms with E-state index in [4.69, 9.17) is 16.3 Å². The summed E-state index contributed by atoms with van der Waals surface area (Å²) in [6.45, 7) is 7.43. The number of hydrogen-bond acceptors (Lipinski definition) is 8. The predicted molar refractivity (Wildman–Crippen MR) is 120 cm³/mol. The van der Waals surface area contributed by atoms with Crippen LogP contribution in [0, 0.1) is 0 Å². The van der Waals surface area contributed by atoms with E-state index in [0.29, 0.717) is 22.4 Å². The minimum Gasteiger partial charge on any atom is -0.481 e. The Morgan fingerprint density at radius 1 is 1.22 bits per heavy atom. The Kier molecular flexibility index (Phi) is 5.94. The fourth-order valence-corrected chi connectivity index (χ4v) is 4.13. The lowest BCUT2D eigenvalue weighted by molar-refractivity contribution is 0.318. The van der Waals surface area contributed by atoms with Gasteiger partial charge in [-0.1, -0.05) is 30.8 Å². The molecule has 0 atom stereocenters. The summed E-state index contributed by atoms with van der Waals surface area (Å²) in [5, 5.41) is 8.60. The van der Waals surface area contributed by atoms with Crippen molar-refractivity contribution >= 4 is 33.1 Å². The lowest BCUT2D eigenvalue weighted by atomic mass is 9.93. The van der Waals surface area contributed by atoms with E-state index >= 15 is 0 Å². The molecule has 1 N–H and O–H groups in total. The van der Waals surface area contributed by atoms with Crippen LogP contribution in [0.1, 0.15) is 31.1 Å². The summed E-state index contributed by atoms with van der Waals surface area (Å²) in [5.74, 6) is 1.03. The number of hydrogen-bond donors (Lipinski definition) is 1. The number of allylic oxidation sites excluding steroid dienone is 1. The first-order chi connectivity index (χ1) is 15.3. The third-order valence-electron chi connectivity index (χ3n) is 5.07. The van der Waals surface area contributed by atoms with Gasteiger partial charge in [0.25, 0.3) is 10.0 Å². The first-order valence-electron chi connectivity index (χ1n) is 9.65. The van der Waals surface area contributed by atoms with Crippen molar-refractivity contribution in [2.75, 3.05) is 11.8 Å². The lowest BCUT2D eigenvalue weighted by Gasteiger charge is -2.29. The van der Waals surface area contributed by atoms with E-state index in [1.807, 2.05) is 0 Å². The second kappa shape index (κ2) is 8.67. The molecule has 10 nitrogen and oxygen atoms in total. The maximum atomic E-state index is 13.0. The Morgan fingerprint density at radius 3 is 2.56 bits per heavy atom. The van der Waals surface area contributed by atoms with Gasteiger partial charge in [0.05, 0.1) is 17.0 Å². The van der Waals surface area contributed by atoms with Gasteiger partial charge in [0.2, 0.25) is 11.8 Å². The highest BCUT2D eigenvalue weighted by molar-refractivity contribution is 7.97. The van der Waals surface area contributed by atoms with Crippen LogP contribution in [0.5, 0.6) is 5.88 Å². The third kappa shape index (κ3) is 4.21. The molecular formula is C20H20ClN7O3S. The normalized spacial score (nSPS) is 13.9. The maximum absolute atomic E-state index is 13.0. The Labute approximate surface area is 190 Å². The van der Waals surface area contributed by atoms with E-state index < -0.39 is 10.0 Å². The average Bonchev–Trinajstić information content (AvgIpc) is 3.14. The molecule has 3 aromatic rings. The Bertz CT molecular complexity index is 1280. The van der Waals surface area contributed by atoms with Crippen molar-refractivity contribution in [3.8, 4) is 17.4 Å². The first kappa shape index (κ1) is 21.9. The van der Waals surface area contributed by atoms with E-state index in [9.17, 15) is 8.42 Å². The number of anilines is 1. The van der Waals surface area contributed by atoms with Crippen LogP contribution in [0.4, 0.5) is 5.95 Å². The van der Waals surface area contributed by atoms with E-state index in [2.05, 4.69) is 43.0 Å². The highest BCUT2D eigenvalue weighted by Crippen LogP contribution is 2.37. The zero-order chi connectivity index (χ0) is 22.9. The summed E-state index contributed by atoms with van der Waals surface area (Å²) in [6, 6.07) is 5.30. The molecule has 0 unspecified atom stereocenters. The molecule has 0 amide bonds. The summed E-state index contributed by atoms with van der Waals surface area (Å²) in [7, 11) is -2.60. The number of ether oxygens (including phenoxy) is 1. The monoisotopic (exact) mass is 473 g/mol. The van der Waals surface area contributed by atoms with Crippen LogP contribution in [0.25, 0.3) is 17.1 Å². The molecule has 0 radical (unpaired) electrons. The van der Waals surface area contributed by atoms with Crippen molar-refractivity contribution in [2.45, 2.75) is 25.3 Å². The molecule has 3 aromatic heterocycles. The van der Waals surface area contributed by atoms with Gasteiger partial charge in [-0.25, -0.2) is 28.1 Å². The van der Waals surface area contributed by atoms with Gasteiger partial charge >= 0.3 is 0 Å². The van der Waals surface area contributed by atoms with Crippen LogP contribution in [0.3, 0.4) is 0 Å². The van der Waals surface area contributed by atoms with E-state index in [1.165, 1.54) is 19.5 Å². The van der Waals surface area contributed by atoms with Crippen molar-refractivity contribution in [3.63, 3.8) is 0 Å². The van der Waals surface area contributed by atoms with Gasteiger partial charge in [-0.15, -0.1) is 10.2 Å². The number of nitrogens with one attached hydrogen (secondary N) is 1. The minimum absolute atomic E-state index is 0.0403. The van der Waals surface area contributed by atoms with Crippen LogP contribution >= 0.6 is 11.6 Å². The molecule has 3 heterocycles. The van der Waals surface area contributed by atoms with Crippen molar-refractivity contribution < 1.29 is 13.2 Å². The molecule has 0 aromatic carbocycles. The summed E-state index contributed by atoms with van der Waals surface area (Å²) < 4.78 is 35.5. The highest BCUT2D eigenvalue weighted by atomic mass is 35.5. The Morgan fingerprint density at radius 2 is 1.94 bits per heavy atom. The van der Waals surface area contributed by atoms with Crippen molar-refractivity contribution in [2.24, 2.45) is 0 Å². The van der Waals surface area contributed by atoms with E-state index in [-0.39, 0.29) is 28.3 Å². The second-order valence-corrected chi connectivity index (χ2v) is 9.24. The summed E-state index contributed by atoms with van der Waals surface area (Å²) in [4.78, 5) is 12.1. The number of rotatable bonds is 8. The van der Waals surface area contributed by atoms with Gasteiger partial charge < -0.3 is 4.74 Å². The largest absolute Gasteiger partial charge is 0.481 e. The summed E-state index contributed by atoms with van der Waals surface area (Å²) in [5.41, 5.74) is 0.561.